The number of alkyl halides is 2. The first-order chi connectivity index (χ1) is 16.5. The molecule has 1 aromatic rings. The van der Waals surface area contributed by atoms with Crippen LogP contribution in [-0.2, 0) is 20.4 Å². The van der Waals surface area contributed by atoms with Crippen LogP contribution in [-0.4, -0.2) is 55.6 Å². The molecule has 9 nitrogen and oxygen atoms in total. The number of carbonyl (C=O) groups excluding carboxylic acids is 1. The van der Waals surface area contributed by atoms with Gasteiger partial charge in [0.25, 0.3) is 6.43 Å². The maximum absolute atomic E-state index is 12.6. The molecule has 1 amide bonds. The highest BCUT2D eigenvalue weighted by atomic mass is 32.2. The molecule has 36 heavy (non-hydrogen) atoms. The number of hydrogen-bond acceptors (Lipinski definition) is 7. The predicted octanol–water partition coefficient (Wildman–Crippen LogP) is 3.66. The zero-order valence-electron chi connectivity index (χ0n) is 21.5. The zero-order chi connectivity index (χ0) is 27.3. The van der Waals surface area contributed by atoms with Crippen molar-refractivity contribution in [3.05, 3.63) is 23.8 Å². The fourth-order valence-corrected chi connectivity index (χ4v) is 5.58. The molecule has 12 heteroatoms. The number of anilines is 1. The highest BCUT2D eigenvalue weighted by Gasteiger charge is 2.33. The molecule has 0 heterocycles. The van der Waals surface area contributed by atoms with E-state index >= 15 is 0 Å². The molecule has 1 aliphatic carbocycles. The highest BCUT2D eigenvalue weighted by Crippen LogP contribution is 2.32. The third kappa shape index (κ3) is 9.13. The van der Waals surface area contributed by atoms with Crippen LogP contribution in [0, 0.1) is 5.92 Å². The summed E-state index contributed by atoms with van der Waals surface area (Å²) in [5.41, 5.74) is -2.13. The Morgan fingerprint density at radius 2 is 1.75 bits per heavy atom. The average molecular weight is 536 g/mol. The third-order valence-electron chi connectivity index (χ3n) is 5.85. The van der Waals surface area contributed by atoms with Gasteiger partial charge in [0.05, 0.1) is 23.1 Å². The number of rotatable bonds is 10. The van der Waals surface area contributed by atoms with Crippen molar-refractivity contribution in [3.63, 3.8) is 0 Å². The molecule has 2 atom stereocenters. The van der Waals surface area contributed by atoms with E-state index in [9.17, 15) is 32.2 Å². The summed E-state index contributed by atoms with van der Waals surface area (Å²) in [5.74, 6) is -0.0132. The summed E-state index contributed by atoms with van der Waals surface area (Å²) in [7, 11) is -4.33. The van der Waals surface area contributed by atoms with Gasteiger partial charge in [-0.3, -0.25) is 0 Å². The van der Waals surface area contributed by atoms with Crippen molar-refractivity contribution in [1.29, 1.82) is 0 Å². The minimum absolute atomic E-state index is 0.0132. The molecule has 0 aliphatic heterocycles. The molecule has 0 spiro atoms. The van der Waals surface area contributed by atoms with E-state index in [2.05, 4.69) is 10.6 Å². The lowest BCUT2D eigenvalue weighted by Crippen LogP contribution is -2.52. The molecule has 0 bridgehead atoms. The number of halogens is 2. The van der Waals surface area contributed by atoms with Gasteiger partial charge < -0.3 is 25.6 Å². The number of amides is 1. The quantitative estimate of drug-likeness (QED) is 0.288. The molecule has 5 N–H and O–H groups in total. The maximum atomic E-state index is 12.6. The lowest BCUT2D eigenvalue weighted by atomic mass is 9.83. The summed E-state index contributed by atoms with van der Waals surface area (Å²) in [6.45, 7) is 6.88. The van der Waals surface area contributed by atoms with Crippen molar-refractivity contribution in [2.75, 3.05) is 11.9 Å². The smallest absolute Gasteiger partial charge is 0.408 e. The predicted molar refractivity (Wildman–Crippen MR) is 132 cm³/mol. The van der Waals surface area contributed by atoms with Gasteiger partial charge in [0.15, 0.2) is 0 Å². The monoisotopic (exact) mass is 535 g/mol. The fourth-order valence-electron chi connectivity index (χ4n) is 4.23. The number of carbonyl (C=O) groups is 1. The van der Waals surface area contributed by atoms with Crippen molar-refractivity contribution in [2.24, 2.45) is 5.92 Å². The summed E-state index contributed by atoms with van der Waals surface area (Å²) in [6, 6.07) is 3.18. The molecule has 0 unspecified atom stereocenters. The summed E-state index contributed by atoms with van der Waals surface area (Å²) >= 11 is 0. The molecular formula is C24H39F2N3O6S. The van der Waals surface area contributed by atoms with E-state index in [-0.39, 0.29) is 22.1 Å². The van der Waals surface area contributed by atoms with Crippen molar-refractivity contribution in [3.8, 4) is 0 Å². The Morgan fingerprint density at radius 1 is 1.14 bits per heavy atom. The number of hydrogen-bond donors (Lipinski definition) is 5. The van der Waals surface area contributed by atoms with Gasteiger partial charge in [-0.1, -0.05) is 19.3 Å². The fraction of sp³-hybridized carbons (Fsp3) is 0.708. The van der Waals surface area contributed by atoms with E-state index in [1.807, 2.05) is 4.72 Å². The number of benzene rings is 1. The standard InChI is InChI=1S/C24H39F2N3O6S/c1-23(2,3)35-22(31)29-20(15-9-7-6-8-10-15)21(30)28-16-11-12-18(17(13-16)24(4,5)32)36(33,34)27-14-19(25)26/h11-13,15,19-21,27-28,30,32H,6-10,14H2,1-5H3,(H,29,31)/t20-,21-/m0/s1. The van der Waals surface area contributed by atoms with Gasteiger partial charge in [-0.2, -0.15) is 0 Å². The molecule has 206 valence electrons. The van der Waals surface area contributed by atoms with E-state index in [1.54, 1.807) is 20.8 Å². The van der Waals surface area contributed by atoms with E-state index in [0.29, 0.717) is 0 Å². The second-order valence-electron chi connectivity index (χ2n) is 10.7. The Labute approximate surface area is 212 Å². The third-order valence-corrected chi connectivity index (χ3v) is 7.33. The van der Waals surface area contributed by atoms with Gasteiger partial charge >= 0.3 is 6.09 Å². The lowest BCUT2D eigenvalue weighted by molar-refractivity contribution is 0.0367. The van der Waals surface area contributed by atoms with E-state index in [4.69, 9.17) is 4.74 Å². The molecular weight excluding hydrogens is 496 g/mol. The summed E-state index contributed by atoms with van der Waals surface area (Å²) in [4.78, 5) is 12.1. The molecule has 0 saturated heterocycles. The molecule has 1 aromatic carbocycles. The molecule has 2 rings (SSSR count). The van der Waals surface area contributed by atoms with Crippen molar-refractivity contribution in [2.45, 2.75) is 102 Å². The van der Waals surface area contributed by atoms with Crippen LogP contribution in [0.4, 0.5) is 19.3 Å². The van der Waals surface area contributed by atoms with Crippen LogP contribution in [0.1, 0.15) is 72.3 Å². The Bertz CT molecular complexity index is 987. The number of alkyl carbamates (subject to hydrolysis) is 1. The number of ether oxygens (including phenoxy) is 1. The molecule has 0 radical (unpaired) electrons. The number of aliphatic hydroxyl groups is 2. The first kappa shape index (κ1) is 30.2. The Hall–Kier alpha value is -2.02. The second-order valence-corrected chi connectivity index (χ2v) is 12.4. The topological polar surface area (TPSA) is 137 Å². The minimum Gasteiger partial charge on any atom is -0.444 e. The van der Waals surface area contributed by atoms with Crippen LogP contribution in [0.3, 0.4) is 0 Å². The Kier molecular flexibility index (Phi) is 10.1. The van der Waals surface area contributed by atoms with Crippen LogP contribution in [0.15, 0.2) is 23.1 Å². The lowest BCUT2D eigenvalue weighted by Gasteiger charge is -2.35. The maximum Gasteiger partial charge on any atom is 0.408 e. The van der Waals surface area contributed by atoms with E-state index in [0.717, 1.165) is 32.1 Å². The van der Waals surface area contributed by atoms with Crippen LogP contribution in [0.5, 0.6) is 0 Å². The van der Waals surface area contributed by atoms with Crippen molar-refractivity contribution < 1.29 is 36.9 Å². The van der Waals surface area contributed by atoms with Gasteiger partial charge in [-0.25, -0.2) is 26.7 Å². The Balaban J connectivity index is 2.32. The first-order valence-electron chi connectivity index (χ1n) is 12.1. The van der Waals surface area contributed by atoms with Gasteiger partial charge in [-0.05, 0) is 71.6 Å². The normalized spacial score (nSPS) is 17.5. The number of nitrogens with one attached hydrogen (secondary N) is 3. The van der Waals surface area contributed by atoms with E-state index < -0.39 is 52.6 Å². The van der Waals surface area contributed by atoms with Gasteiger partial charge in [-0.15, -0.1) is 0 Å². The van der Waals surface area contributed by atoms with Gasteiger partial charge in [0.2, 0.25) is 10.0 Å². The average Bonchev–Trinajstić information content (AvgIpc) is 2.74. The van der Waals surface area contributed by atoms with Crippen LogP contribution in [0.25, 0.3) is 0 Å². The Morgan fingerprint density at radius 3 is 2.28 bits per heavy atom. The largest absolute Gasteiger partial charge is 0.444 e. The van der Waals surface area contributed by atoms with Gasteiger partial charge in [0, 0.05) is 11.3 Å². The van der Waals surface area contributed by atoms with E-state index in [1.165, 1.54) is 32.0 Å². The molecule has 1 aliphatic rings. The zero-order valence-corrected chi connectivity index (χ0v) is 22.3. The van der Waals surface area contributed by atoms with Crippen LogP contribution < -0.4 is 15.4 Å². The molecule has 0 aromatic heterocycles. The van der Waals surface area contributed by atoms with Crippen LogP contribution in [0.2, 0.25) is 0 Å². The molecule has 1 fully saturated rings. The van der Waals surface area contributed by atoms with Crippen molar-refractivity contribution in [1.82, 2.24) is 10.0 Å². The summed E-state index contributed by atoms with van der Waals surface area (Å²) < 4.78 is 57.6. The molecule has 1 saturated carbocycles. The summed E-state index contributed by atoms with van der Waals surface area (Å²) in [5, 5.41) is 27.3. The second kappa shape index (κ2) is 12.0. The number of sulfonamides is 1. The minimum atomic E-state index is -4.33. The summed E-state index contributed by atoms with van der Waals surface area (Å²) in [6.07, 6.45) is -0.185. The van der Waals surface area contributed by atoms with Crippen LogP contribution >= 0.6 is 0 Å². The SMILES string of the molecule is CC(C)(C)OC(=O)N[C@@H](C1CCCCC1)[C@H](O)Nc1ccc(S(=O)(=O)NCC(F)F)c(C(C)(C)O)c1. The first-order valence-corrected chi connectivity index (χ1v) is 13.6. The highest BCUT2D eigenvalue weighted by molar-refractivity contribution is 7.89. The van der Waals surface area contributed by atoms with Crippen molar-refractivity contribution >= 4 is 21.8 Å². The number of aliphatic hydroxyl groups excluding tert-OH is 1. The van der Waals surface area contributed by atoms with Gasteiger partial charge in [0.1, 0.15) is 11.8 Å².